The lowest BCUT2D eigenvalue weighted by Gasteiger charge is -2.32. The average molecular weight is 415 g/mol. The van der Waals surface area contributed by atoms with Gasteiger partial charge < -0.3 is 14.5 Å². The van der Waals surface area contributed by atoms with Crippen LogP contribution in [0.1, 0.15) is 73.7 Å². The number of esters is 1. The number of piperidine rings is 1. The fourth-order valence-electron chi connectivity index (χ4n) is 4.55. The number of hydrogen-bond acceptors (Lipinski definition) is 4. The molecule has 1 aliphatic carbocycles. The Morgan fingerprint density at radius 3 is 2.23 bits per heavy atom. The lowest BCUT2D eigenvalue weighted by atomic mass is 9.84. The molecule has 0 N–H and O–H groups in total. The summed E-state index contributed by atoms with van der Waals surface area (Å²) in [5.74, 6) is 0.0938. The molecule has 0 spiro atoms. The summed E-state index contributed by atoms with van der Waals surface area (Å²) in [6.07, 6.45) is 7.59. The van der Waals surface area contributed by atoms with Gasteiger partial charge in [0.1, 0.15) is 0 Å². The van der Waals surface area contributed by atoms with Crippen LogP contribution in [0.4, 0.5) is 0 Å². The number of hydrogen-bond donors (Lipinski definition) is 0. The fraction of sp³-hybridized carbons (Fsp3) is 0.625. The largest absolute Gasteiger partial charge is 0.466 e. The van der Waals surface area contributed by atoms with Crippen molar-refractivity contribution < 1.29 is 19.1 Å². The Bertz CT molecular complexity index is 732. The highest BCUT2D eigenvalue weighted by atomic mass is 16.5. The highest BCUT2D eigenvalue weighted by Crippen LogP contribution is 2.32. The third kappa shape index (κ3) is 5.61. The summed E-state index contributed by atoms with van der Waals surface area (Å²) in [6, 6.07) is 7.91. The smallest absolute Gasteiger partial charge is 0.309 e. The molecule has 3 rings (SSSR count). The van der Waals surface area contributed by atoms with E-state index in [1.165, 1.54) is 42.6 Å². The molecule has 1 saturated heterocycles. The molecule has 1 aromatic rings. The van der Waals surface area contributed by atoms with Gasteiger partial charge in [-0.1, -0.05) is 31.4 Å². The number of ether oxygens (including phenoxy) is 1. The molecule has 0 radical (unpaired) electrons. The molecule has 1 aliphatic heterocycles. The van der Waals surface area contributed by atoms with Gasteiger partial charge in [-0.15, -0.1) is 0 Å². The van der Waals surface area contributed by atoms with Gasteiger partial charge in [0.05, 0.1) is 19.1 Å². The van der Waals surface area contributed by atoms with Crippen molar-refractivity contribution in [1.82, 2.24) is 9.80 Å². The maximum Gasteiger partial charge on any atom is 0.309 e. The second-order valence-electron chi connectivity index (χ2n) is 8.53. The highest BCUT2D eigenvalue weighted by Gasteiger charge is 2.29. The summed E-state index contributed by atoms with van der Waals surface area (Å²) in [6.45, 7) is 3.29. The van der Waals surface area contributed by atoms with Crippen LogP contribution in [-0.4, -0.2) is 60.9 Å². The average Bonchev–Trinajstić information content (AvgIpc) is 2.79. The van der Waals surface area contributed by atoms with E-state index in [4.69, 9.17) is 4.74 Å². The van der Waals surface area contributed by atoms with E-state index in [1.807, 2.05) is 12.1 Å². The number of carbonyl (C=O) groups is 3. The molecule has 6 heteroatoms. The van der Waals surface area contributed by atoms with Crippen LogP contribution in [0.15, 0.2) is 24.3 Å². The number of likely N-dealkylation sites (N-methyl/N-ethyl adjacent to an activating group) is 1. The van der Waals surface area contributed by atoms with E-state index < -0.39 is 0 Å². The zero-order chi connectivity index (χ0) is 21.5. The molecule has 6 nitrogen and oxygen atoms in total. The molecule has 1 heterocycles. The van der Waals surface area contributed by atoms with E-state index in [2.05, 4.69) is 12.1 Å². The van der Waals surface area contributed by atoms with Crippen LogP contribution in [-0.2, 0) is 14.3 Å². The maximum atomic E-state index is 12.8. The van der Waals surface area contributed by atoms with Gasteiger partial charge in [-0.25, -0.2) is 0 Å². The van der Waals surface area contributed by atoms with Crippen LogP contribution in [0.25, 0.3) is 0 Å². The Kier molecular flexibility index (Phi) is 7.88. The monoisotopic (exact) mass is 414 g/mol. The molecule has 2 amide bonds. The van der Waals surface area contributed by atoms with E-state index >= 15 is 0 Å². The predicted octanol–water partition coefficient (Wildman–Crippen LogP) is 3.61. The van der Waals surface area contributed by atoms with E-state index in [0.29, 0.717) is 44.0 Å². The van der Waals surface area contributed by atoms with Gasteiger partial charge in [0.25, 0.3) is 5.91 Å². The summed E-state index contributed by atoms with van der Waals surface area (Å²) in [7, 11) is 1.67. The maximum absolute atomic E-state index is 12.8. The number of amides is 2. The Morgan fingerprint density at radius 2 is 1.63 bits per heavy atom. The number of benzene rings is 1. The fourth-order valence-corrected chi connectivity index (χ4v) is 4.55. The van der Waals surface area contributed by atoms with Gasteiger partial charge in [-0.3, -0.25) is 14.4 Å². The molecule has 0 aromatic heterocycles. The Hall–Kier alpha value is -2.37. The number of rotatable bonds is 6. The van der Waals surface area contributed by atoms with Crippen LogP contribution in [0, 0.1) is 5.92 Å². The summed E-state index contributed by atoms with van der Waals surface area (Å²) in [5, 5.41) is 0. The Balaban J connectivity index is 1.49. The standard InChI is InChI=1S/C24H34N2O4/c1-3-30-24(29)21-13-15-26(16-14-21)22(27)17-25(2)23(28)20-11-9-19(10-12-20)18-7-5-4-6-8-18/h9-12,18,21H,3-8,13-17H2,1-2H3. The van der Waals surface area contributed by atoms with Crippen molar-refractivity contribution in [3.8, 4) is 0 Å². The van der Waals surface area contributed by atoms with Crippen LogP contribution in [0.3, 0.4) is 0 Å². The molecular formula is C24H34N2O4. The quantitative estimate of drug-likeness (QED) is 0.667. The highest BCUT2D eigenvalue weighted by molar-refractivity contribution is 5.96. The molecule has 0 unspecified atom stereocenters. The minimum atomic E-state index is -0.173. The van der Waals surface area contributed by atoms with Gasteiger partial charge in [0.15, 0.2) is 0 Å². The van der Waals surface area contributed by atoms with Crippen LogP contribution >= 0.6 is 0 Å². The lowest BCUT2D eigenvalue weighted by Crippen LogP contribution is -2.45. The summed E-state index contributed by atoms with van der Waals surface area (Å²) in [5.41, 5.74) is 1.93. The normalized spacial score (nSPS) is 18.1. The first-order valence-electron chi connectivity index (χ1n) is 11.3. The zero-order valence-corrected chi connectivity index (χ0v) is 18.3. The van der Waals surface area contributed by atoms with Crippen molar-refractivity contribution in [1.29, 1.82) is 0 Å². The van der Waals surface area contributed by atoms with Gasteiger partial charge >= 0.3 is 5.97 Å². The topological polar surface area (TPSA) is 66.9 Å². The molecule has 164 valence electrons. The van der Waals surface area contributed by atoms with Crippen molar-refractivity contribution in [3.63, 3.8) is 0 Å². The Morgan fingerprint density at radius 1 is 1.00 bits per heavy atom. The molecule has 1 aromatic carbocycles. The first-order valence-corrected chi connectivity index (χ1v) is 11.3. The van der Waals surface area contributed by atoms with Crippen molar-refractivity contribution in [2.45, 2.75) is 57.8 Å². The molecule has 30 heavy (non-hydrogen) atoms. The van der Waals surface area contributed by atoms with E-state index in [1.54, 1.807) is 18.9 Å². The number of likely N-dealkylation sites (tertiary alicyclic amines) is 1. The zero-order valence-electron chi connectivity index (χ0n) is 18.3. The first kappa shape index (κ1) is 22.3. The minimum absolute atomic E-state index is 0.0489. The van der Waals surface area contributed by atoms with Crippen molar-refractivity contribution in [3.05, 3.63) is 35.4 Å². The van der Waals surface area contributed by atoms with E-state index in [-0.39, 0.29) is 30.2 Å². The first-order chi connectivity index (χ1) is 14.5. The third-order valence-corrected chi connectivity index (χ3v) is 6.42. The molecule has 0 atom stereocenters. The summed E-state index contributed by atoms with van der Waals surface area (Å²) in [4.78, 5) is 40.4. The van der Waals surface area contributed by atoms with Crippen molar-refractivity contribution >= 4 is 17.8 Å². The van der Waals surface area contributed by atoms with Gasteiger partial charge in [0, 0.05) is 25.7 Å². The molecule has 0 bridgehead atoms. The summed E-state index contributed by atoms with van der Waals surface area (Å²) < 4.78 is 5.07. The SMILES string of the molecule is CCOC(=O)C1CCN(C(=O)CN(C)C(=O)c2ccc(C3CCCCC3)cc2)CC1. The molecular weight excluding hydrogens is 380 g/mol. The molecule has 2 fully saturated rings. The number of carbonyl (C=O) groups excluding carboxylic acids is 3. The van der Waals surface area contributed by atoms with Gasteiger partial charge in [0.2, 0.25) is 5.91 Å². The predicted molar refractivity (Wildman–Crippen MR) is 115 cm³/mol. The summed E-state index contributed by atoms with van der Waals surface area (Å²) >= 11 is 0. The second kappa shape index (κ2) is 10.6. The lowest BCUT2D eigenvalue weighted by molar-refractivity contribution is -0.151. The van der Waals surface area contributed by atoms with E-state index in [0.717, 1.165) is 0 Å². The van der Waals surface area contributed by atoms with Crippen LogP contribution in [0.2, 0.25) is 0 Å². The molecule has 2 aliphatic rings. The number of nitrogens with zero attached hydrogens (tertiary/aromatic N) is 2. The Labute approximate surface area is 179 Å². The van der Waals surface area contributed by atoms with Gasteiger partial charge in [-0.05, 0) is 56.2 Å². The molecule has 1 saturated carbocycles. The van der Waals surface area contributed by atoms with E-state index in [9.17, 15) is 14.4 Å². The minimum Gasteiger partial charge on any atom is -0.466 e. The van der Waals surface area contributed by atoms with Crippen molar-refractivity contribution in [2.24, 2.45) is 5.92 Å². The van der Waals surface area contributed by atoms with Crippen molar-refractivity contribution in [2.75, 3.05) is 33.3 Å². The van der Waals surface area contributed by atoms with Crippen LogP contribution < -0.4 is 0 Å². The van der Waals surface area contributed by atoms with Gasteiger partial charge in [-0.2, -0.15) is 0 Å². The van der Waals surface area contributed by atoms with Crippen LogP contribution in [0.5, 0.6) is 0 Å². The second-order valence-corrected chi connectivity index (χ2v) is 8.53. The third-order valence-electron chi connectivity index (χ3n) is 6.42.